The molecule has 0 N–H and O–H groups in total. The molecular weight excluding hydrogens is 318 g/mol. The van der Waals surface area contributed by atoms with Crippen LogP contribution in [0.3, 0.4) is 0 Å². The molecule has 0 unspecified atom stereocenters. The average molecular weight is 328 g/mol. The van der Waals surface area contributed by atoms with Gasteiger partial charge in [-0.2, -0.15) is 0 Å². The van der Waals surface area contributed by atoms with Crippen molar-refractivity contribution in [1.82, 2.24) is 4.57 Å². The Labute approximate surface area is 116 Å². The number of rotatable bonds is 4. The summed E-state index contributed by atoms with van der Waals surface area (Å²) in [4.78, 5) is 23.6. The van der Waals surface area contributed by atoms with Crippen LogP contribution in [-0.2, 0) is 11.3 Å². The summed E-state index contributed by atoms with van der Waals surface area (Å²) in [5, 5.41) is 1.81. The molecule has 0 amide bonds. The number of esters is 1. The molecule has 0 aliphatic heterocycles. The van der Waals surface area contributed by atoms with Gasteiger partial charge in [-0.25, -0.2) is 4.79 Å². The maximum absolute atomic E-state index is 11.5. The number of thiophene rings is 1. The fourth-order valence-corrected chi connectivity index (χ4v) is 2.37. The molecule has 0 saturated heterocycles. The predicted octanol–water partition coefficient (Wildman–Crippen LogP) is 2.53. The topological polar surface area (TPSA) is 48.3 Å². The summed E-state index contributed by atoms with van der Waals surface area (Å²) in [5.41, 5.74) is -0.120. The number of hydrogen-bond donors (Lipinski definition) is 0. The van der Waals surface area contributed by atoms with Gasteiger partial charge in [0.1, 0.15) is 11.5 Å². The molecule has 0 aromatic carbocycles. The van der Waals surface area contributed by atoms with E-state index in [1.165, 1.54) is 22.0 Å². The van der Waals surface area contributed by atoms with Gasteiger partial charge in [0.2, 0.25) is 0 Å². The number of carbonyl (C=O) groups is 1. The van der Waals surface area contributed by atoms with Gasteiger partial charge in [-0.3, -0.25) is 4.79 Å². The molecule has 6 heteroatoms. The van der Waals surface area contributed by atoms with Gasteiger partial charge in [-0.1, -0.05) is 6.07 Å². The van der Waals surface area contributed by atoms with Gasteiger partial charge in [-0.05, 0) is 33.4 Å². The molecule has 0 bridgehead atoms. The fraction of sp³-hybridized carbons (Fsp3) is 0.167. The Hall–Kier alpha value is -1.40. The average Bonchev–Trinajstić information content (AvgIpc) is 2.87. The summed E-state index contributed by atoms with van der Waals surface area (Å²) in [6, 6.07) is 6.64. The van der Waals surface area contributed by atoms with Gasteiger partial charge < -0.3 is 9.30 Å². The van der Waals surface area contributed by atoms with Crippen molar-refractivity contribution in [3.05, 3.63) is 55.5 Å². The van der Waals surface area contributed by atoms with Crippen LogP contribution in [0.1, 0.15) is 9.67 Å². The van der Waals surface area contributed by atoms with Gasteiger partial charge in [-0.15, -0.1) is 11.3 Å². The summed E-state index contributed by atoms with van der Waals surface area (Å²) in [5.74, 6) is -0.354. The smallest absolute Gasteiger partial charge is 0.348 e. The van der Waals surface area contributed by atoms with E-state index in [1.807, 2.05) is 5.38 Å². The molecule has 0 spiro atoms. The summed E-state index contributed by atoms with van der Waals surface area (Å²) in [6.45, 7) is 0.516. The Morgan fingerprint density at radius 3 is 2.94 bits per heavy atom. The molecule has 0 aliphatic rings. The van der Waals surface area contributed by atoms with Crippen molar-refractivity contribution >= 4 is 33.2 Å². The number of aromatic nitrogens is 1. The highest BCUT2D eigenvalue weighted by atomic mass is 79.9. The zero-order valence-electron chi connectivity index (χ0n) is 9.34. The SMILES string of the molecule is O=C(OCCn1cc(Br)ccc1=O)c1cccs1. The molecule has 0 atom stereocenters. The monoisotopic (exact) mass is 327 g/mol. The van der Waals surface area contributed by atoms with Gasteiger partial charge in [0.05, 0.1) is 6.54 Å². The number of nitrogens with zero attached hydrogens (tertiary/aromatic N) is 1. The van der Waals surface area contributed by atoms with Crippen LogP contribution in [0.5, 0.6) is 0 Å². The molecule has 2 aromatic heterocycles. The second-order valence-electron chi connectivity index (χ2n) is 3.49. The van der Waals surface area contributed by atoms with Crippen molar-refractivity contribution in [2.24, 2.45) is 0 Å². The summed E-state index contributed by atoms with van der Waals surface area (Å²) in [7, 11) is 0. The maximum Gasteiger partial charge on any atom is 0.348 e. The highest BCUT2D eigenvalue weighted by Crippen LogP contribution is 2.10. The van der Waals surface area contributed by atoms with Crippen molar-refractivity contribution in [2.45, 2.75) is 6.54 Å². The summed E-state index contributed by atoms with van der Waals surface area (Å²) >= 11 is 4.62. The minimum absolute atomic E-state index is 0.120. The molecule has 2 heterocycles. The van der Waals surface area contributed by atoms with Crippen LogP contribution in [0.4, 0.5) is 0 Å². The van der Waals surface area contributed by atoms with Crippen LogP contribution < -0.4 is 5.56 Å². The quantitative estimate of drug-likeness (QED) is 0.811. The first-order valence-electron chi connectivity index (χ1n) is 5.23. The van der Waals surface area contributed by atoms with E-state index < -0.39 is 0 Å². The van der Waals surface area contributed by atoms with Crippen LogP contribution in [0, 0.1) is 0 Å². The third kappa shape index (κ3) is 3.30. The van der Waals surface area contributed by atoms with Crippen molar-refractivity contribution < 1.29 is 9.53 Å². The Bertz CT molecular complexity index is 592. The Morgan fingerprint density at radius 2 is 2.22 bits per heavy atom. The van der Waals surface area contributed by atoms with E-state index in [-0.39, 0.29) is 18.1 Å². The predicted molar refractivity (Wildman–Crippen MR) is 73.0 cm³/mol. The van der Waals surface area contributed by atoms with Gasteiger partial charge in [0.15, 0.2) is 0 Å². The molecule has 4 nitrogen and oxygen atoms in total. The molecular formula is C12H10BrNO3S. The van der Waals surface area contributed by atoms with Crippen LogP contribution in [-0.4, -0.2) is 17.1 Å². The third-order valence-corrected chi connectivity index (χ3v) is 3.55. The minimum Gasteiger partial charge on any atom is -0.460 e. The molecule has 0 fully saturated rings. The first-order valence-corrected chi connectivity index (χ1v) is 6.91. The fourth-order valence-electron chi connectivity index (χ4n) is 1.38. The first-order chi connectivity index (χ1) is 8.66. The highest BCUT2D eigenvalue weighted by molar-refractivity contribution is 9.10. The molecule has 0 radical (unpaired) electrons. The Kier molecular flexibility index (Phi) is 4.33. The lowest BCUT2D eigenvalue weighted by Gasteiger charge is -2.06. The first kappa shape index (κ1) is 13.0. The molecule has 94 valence electrons. The van der Waals surface area contributed by atoms with E-state index in [4.69, 9.17) is 4.74 Å². The zero-order valence-corrected chi connectivity index (χ0v) is 11.7. The molecule has 0 aliphatic carbocycles. The van der Waals surface area contributed by atoms with Crippen LogP contribution in [0.2, 0.25) is 0 Å². The molecule has 2 rings (SSSR count). The van der Waals surface area contributed by atoms with Gasteiger partial charge in [0, 0.05) is 16.7 Å². The van der Waals surface area contributed by atoms with Crippen LogP contribution in [0.25, 0.3) is 0 Å². The van der Waals surface area contributed by atoms with E-state index >= 15 is 0 Å². The van der Waals surface area contributed by atoms with E-state index in [9.17, 15) is 9.59 Å². The summed E-state index contributed by atoms with van der Waals surface area (Å²) < 4.78 is 7.39. The number of hydrogen-bond acceptors (Lipinski definition) is 4. The number of ether oxygens (including phenoxy) is 1. The number of pyridine rings is 1. The van der Waals surface area contributed by atoms with E-state index in [2.05, 4.69) is 15.9 Å². The zero-order chi connectivity index (χ0) is 13.0. The Morgan fingerprint density at radius 1 is 1.39 bits per heavy atom. The third-order valence-electron chi connectivity index (χ3n) is 2.24. The van der Waals surface area contributed by atoms with E-state index in [1.54, 1.807) is 24.4 Å². The van der Waals surface area contributed by atoms with E-state index in [0.717, 1.165) is 4.47 Å². The number of halogens is 1. The minimum atomic E-state index is -0.354. The van der Waals surface area contributed by atoms with Crippen molar-refractivity contribution in [3.8, 4) is 0 Å². The Balaban J connectivity index is 1.91. The van der Waals surface area contributed by atoms with Crippen molar-refractivity contribution in [1.29, 1.82) is 0 Å². The van der Waals surface area contributed by atoms with E-state index in [0.29, 0.717) is 11.4 Å². The number of carbonyl (C=O) groups excluding carboxylic acids is 1. The summed E-state index contributed by atoms with van der Waals surface area (Å²) in [6.07, 6.45) is 1.67. The standard InChI is InChI=1S/C12H10BrNO3S/c13-9-3-4-11(15)14(8-9)5-6-17-12(16)10-2-1-7-18-10/h1-4,7-8H,5-6H2. The van der Waals surface area contributed by atoms with Crippen molar-refractivity contribution in [2.75, 3.05) is 6.61 Å². The molecule has 18 heavy (non-hydrogen) atoms. The largest absolute Gasteiger partial charge is 0.460 e. The van der Waals surface area contributed by atoms with Crippen molar-refractivity contribution in [3.63, 3.8) is 0 Å². The maximum atomic E-state index is 11.5. The van der Waals surface area contributed by atoms with Crippen LogP contribution >= 0.6 is 27.3 Å². The lowest BCUT2D eigenvalue weighted by Crippen LogP contribution is -2.21. The van der Waals surface area contributed by atoms with Gasteiger partial charge >= 0.3 is 5.97 Å². The second kappa shape index (κ2) is 5.97. The molecule has 0 saturated carbocycles. The normalized spacial score (nSPS) is 10.3. The second-order valence-corrected chi connectivity index (χ2v) is 5.36. The van der Waals surface area contributed by atoms with Gasteiger partial charge in [0.25, 0.3) is 5.56 Å². The highest BCUT2D eigenvalue weighted by Gasteiger charge is 2.07. The lowest BCUT2D eigenvalue weighted by atomic mass is 10.4. The lowest BCUT2D eigenvalue weighted by molar-refractivity contribution is 0.0496. The molecule has 2 aromatic rings. The van der Waals surface area contributed by atoms with Crippen LogP contribution in [0.15, 0.2) is 45.1 Å².